The van der Waals surface area contributed by atoms with Crippen molar-refractivity contribution in [2.45, 2.75) is 19.0 Å². The fraction of sp³-hybridized carbons (Fsp3) is 0.375. The van der Waals surface area contributed by atoms with Crippen LogP contribution in [-0.2, 0) is 4.79 Å². The van der Waals surface area contributed by atoms with Crippen molar-refractivity contribution in [2.24, 2.45) is 0 Å². The molecule has 0 spiro atoms. The zero-order valence-electron chi connectivity index (χ0n) is 6.83. The fourth-order valence-electron chi connectivity index (χ4n) is 0.818. The summed E-state index contributed by atoms with van der Waals surface area (Å²) in [5.41, 5.74) is 0. The zero-order chi connectivity index (χ0) is 10.1. The Bertz CT molecular complexity index is 295. The molecule has 2 nitrogen and oxygen atoms in total. The van der Waals surface area contributed by atoms with E-state index in [1.54, 1.807) is 11.4 Å². The quantitative estimate of drug-likeness (QED) is 0.821. The zero-order valence-corrected chi connectivity index (χ0v) is 7.65. The molecule has 0 radical (unpaired) electrons. The second-order valence-electron chi connectivity index (χ2n) is 2.60. The molecule has 1 heterocycles. The minimum Gasteiger partial charge on any atom is -0.381 e. The molecule has 0 fully saturated rings. The highest BCUT2D eigenvalue weighted by atomic mass is 32.1. The SMILES string of the molecule is CC(=O)C(F)(F)C(O)c1cccs1. The average Bonchev–Trinajstić information content (AvgIpc) is 2.54. The number of Topliss-reactive ketones (excluding diaryl/α,β-unsaturated/α-hetero) is 1. The first-order valence-corrected chi connectivity index (χ1v) is 4.44. The second kappa shape index (κ2) is 3.51. The van der Waals surface area contributed by atoms with Crippen LogP contribution < -0.4 is 0 Å². The van der Waals surface area contributed by atoms with E-state index in [9.17, 15) is 13.6 Å². The molecule has 0 aliphatic carbocycles. The highest BCUT2D eigenvalue weighted by Gasteiger charge is 2.44. The van der Waals surface area contributed by atoms with Crippen LogP contribution in [0.3, 0.4) is 0 Å². The molecule has 1 unspecified atom stereocenters. The van der Waals surface area contributed by atoms with Gasteiger partial charge in [-0.3, -0.25) is 4.79 Å². The predicted octanol–water partition coefficient (Wildman–Crippen LogP) is 2.01. The van der Waals surface area contributed by atoms with Crippen LogP contribution in [0.4, 0.5) is 8.78 Å². The molecule has 0 aliphatic heterocycles. The number of alkyl halides is 2. The Morgan fingerprint density at radius 1 is 1.69 bits per heavy atom. The smallest absolute Gasteiger partial charge is 0.335 e. The number of carbonyl (C=O) groups excluding carboxylic acids is 1. The summed E-state index contributed by atoms with van der Waals surface area (Å²) in [6.07, 6.45) is -2.02. The van der Waals surface area contributed by atoms with Crippen molar-refractivity contribution in [3.8, 4) is 0 Å². The van der Waals surface area contributed by atoms with Gasteiger partial charge in [-0.05, 0) is 11.4 Å². The maximum absolute atomic E-state index is 12.9. The minimum absolute atomic E-state index is 0.0974. The molecular formula is C8H8F2O2S. The van der Waals surface area contributed by atoms with Gasteiger partial charge in [0.2, 0.25) is 5.78 Å². The molecule has 1 N–H and O–H groups in total. The third kappa shape index (κ3) is 1.92. The molecule has 0 aromatic carbocycles. The molecule has 0 bridgehead atoms. The summed E-state index contributed by atoms with van der Waals surface area (Å²) in [4.78, 5) is 10.6. The summed E-state index contributed by atoms with van der Waals surface area (Å²) in [6.45, 7) is 0.761. The molecule has 5 heteroatoms. The van der Waals surface area contributed by atoms with E-state index < -0.39 is 17.8 Å². The third-order valence-electron chi connectivity index (χ3n) is 1.63. The Labute approximate surface area is 77.8 Å². The van der Waals surface area contributed by atoms with Gasteiger partial charge in [-0.25, -0.2) is 0 Å². The standard InChI is InChI=1S/C8H8F2O2S/c1-5(11)8(9,10)7(12)6-3-2-4-13-6/h2-4,7,12H,1H3. The number of ketones is 1. The van der Waals surface area contributed by atoms with Gasteiger partial charge in [0, 0.05) is 11.8 Å². The monoisotopic (exact) mass is 206 g/mol. The largest absolute Gasteiger partial charge is 0.381 e. The molecule has 1 atom stereocenters. The van der Waals surface area contributed by atoms with Crippen LogP contribution >= 0.6 is 11.3 Å². The summed E-state index contributed by atoms with van der Waals surface area (Å²) < 4.78 is 25.8. The molecule has 1 aromatic heterocycles. The molecule has 0 saturated heterocycles. The Kier molecular flexibility index (Phi) is 2.77. The molecule has 1 rings (SSSR count). The van der Waals surface area contributed by atoms with E-state index >= 15 is 0 Å². The third-order valence-corrected chi connectivity index (χ3v) is 2.55. The van der Waals surface area contributed by atoms with Crippen LogP contribution in [0.15, 0.2) is 17.5 Å². The Morgan fingerprint density at radius 3 is 2.69 bits per heavy atom. The van der Waals surface area contributed by atoms with Crippen molar-refractivity contribution in [3.05, 3.63) is 22.4 Å². The van der Waals surface area contributed by atoms with Crippen LogP contribution in [0.2, 0.25) is 0 Å². The van der Waals surface area contributed by atoms with E-state index in [0.29, 0.717) is 0 Å². The fourth-order valence-corrected chi connectivity index (χ4v) is 1.57. The molecular weight excluding hydrogens is 198 g/mol. The summed E-state index contributed by atoms with van der Waals surface area (Å²) in [5.74, 6) is -5.02. The van der Waals surface area contributed by atoms with E-state index in [1.807, 2.05) is 0 Å². The summed E-state index contributed by atoms with van der Waals surface area (Å²) in [6, 6.07) is 2.91. The highest BCUT2D eigenvalue weighted by Crippen LogP contribution is 2.34. The first-order chi connectivity index (χ1) is 5.96. The van der Waals surface area contributed by atoms with Crippen molar-refractivity contribution in [1.29, 1.82) is 0 Å². The summed E-state index contributed by atoms with van der Waals surface area (Å²) >= 11 is 0.993. The number of halogens is 2. The van der Waals surface area contributed by atoms with Crippen LogP contribution in [0.25, 0.3) is 0 Å². The van der Waals surface area contributed by atoms with Crippen LogP contribution in [0.5, 0.6) is 0 Å². The van der Waals surface area contributed by atoms with Gasteiger partial charge in [-0.15, -0.1) is 11.3 Å². The number of thiophene rings is 1. The van der Waals surface area contributed by atoms with Crippen LogP contribution in [0.1, 0.15) is 17.9 Å². The number of aliphatic hydroxyl groups is 1. The number of rotatable bonds is 3. The lowest BCUT2D eigenvalue weighted by atomic mass is 10.1. The average molecular weight is 206 g/mol. The van der Waals surface area contributed by atoms with E-state index in [0.717, 1.165) is 18.3 Å². The Balaban J connectivity index is 2.90. The number of hydrogen-bond acceptors (Lipinski definition) is 3. The predicted molar refractivity (Wildman–Crippen MR) is 44.9 cm³/mol. The van der Waals surface area contributed by atoms with Gasteiger partial charge >= 0.3 is 5.92 Å². The maximum Gasteiger partial charge on any atom is 0.335 e. The number of aliphatic hydroxyl groups excluding tert-OH is 1. The Morgan fingerprint density at radius 2 is 2.31 bits per heavy atom. The molecule has 0 aliphatic rings. The van der Waals surface area contributed by atoms with Gasteiger partial charge in [0.1, 0.15) is 0 Å². The van der Waals surface area contributed by atoms with Gasteiger partial charge in [0.25, 0.3) is 0 Å². The lowest BCUT2D eigenvalue weighted by Gasteiger charge is -2.18. The highest BCUT2D eigenvalue weighted by molar-refractivity contribution is 7.10. The van der Waals surface area contributed by atoms with Crippen LogP contribution in [-0.4, -0.2) is 16.8 Å². The van der Waals surface area contributed by atoms with Gasteiger partial charge < -0.3 is 5.11 Å². The molecule has 13 heavy (non-hydrogen) atoms. The summed E-state index contributed by atoms with van der Waals surface area (Å²) in [7, 11) is 0. The van der Waals surface area contributed by atoms with Crippen molar-refractivity contribution in [2.75, 3.05) is 0 Å². The first kappa shape index (κ1) is 10.3. The van der Waals surface area contributed by atoms with Crippen molar-refractivity contribution in [3.63, 3.8) is 0 Å². The molecule has 0 amide bonds. The van der Waals surface area contributed by atoms with E-state index in [2.05, 4.69) is 0 Å². The normalized spacial score (nSPS) is 14.2. The molecule has 1 aromatic rings. The van der Waals surface area contributed by atoms with Crippen LogP contribution in [0, 0.1) is 0 Å². The van der Waals surface area contributed by atoms with Crippen molar-refractivity contribution in [1.82, 2.24) is 0 Å². The second-order valence-corrected chi connectivity index (χ2v) is 3.58. The lowest BCUT2D eigenvalue weighted by Crippen LogP contribution is -2.33. The van der Waals surface area contributed by atoms with E-state index in [-0.39, 0.29) is 4.88 Å². The van der Waals surface area contributed by atoms with Gasteiger partial charge in [-0.1, -0.05) is 6.07 Å². The van der Waals surface area contributed by atoms with Gasteiger partial charge in [0.15, 0.2) is 6.10 Å². The molecule has 0 saturated carbocycles. The van der Waals surface area contributed by atoms with Gasteiger partial charge in [-0.2, -0.15) is 8.78 Å². The molecule has 72 valence electrons. The Hall–Kier alpha value is -0.810. The first-order valence-electron chi connectivity index (χ1n) is 3.56. The minimum atomic E-state index is -3.69. The number of carbonyl (C=O) groups is 1. The van der Waals surface area contributed by atoms with Crippen molar-refractivity contribution >= 4 is 17.1 Å². The topological polar surface area (TPSA) is 37.3 Å². The van der Waals surface area contributed by atoms with E-state index in [1.165, 1.54) is 6.07 Å². The lowest BCUT2D eigenvalue weighted by molar-refractivity contribution is -0.158. The van der Waals surface area contributed by atoms with Crippen molar-refractivity contribution < 1.29 is 18.7 Å². The number of hydrogen-bond donors (Lipinski definition) is 1. The maximum atomic E-state index is 12.9. The summed E-state index contributed by atoms with van der Waals surface area (Å²) in [5, 5.41) is 10.7. The van der Waals surface area contributed by atoms with E-state index in [4.69, 9.17) is 5.11 Å². The van der Waals surface area contributed by atoms with Gasteiger partial charge in [0.05, 0.1) is 0 Å².